The molecule has 0 saturated carbocycles. The van der Waals surface area contributed by atoms with Crippen molar-refractivity contribution in [3.63, 3.8) is 0 Å². The van der Waals surface area contributed by atoms with Gasteiger partial charge >= 0.3 is 0 Å². The molecule has 0 amide bonds. The quantitative estimate of drug-likeness (QED) is 0.375. The second-order valence-corrected chi connectivity index (χ2v) is 8.92. The van der Waals surface area contributed by atoms with E-state index >= 15 is 0 Å². The number of benzene rings is 2. The van der Waals surface area contributed by atoms with Crippen LogP contribution in [0.5, 0.6) is 11.5 Å². The number of pyridine rings is 1. The first-order valence-electron chi connectivity index (χ1n) is 11.1. The summed E-state index contributed by atoms with van der Waals surface area (Å²) in [4.78, 5) is 7.00. The third kappa shape index (κ3) is 5.23. The van der Waals surface area contributed by atoms with Gasteiger partial charge in [0.25, 0.3) is 0 Å². The van der Waals surface area contributed by atoms with Gasteiger partial charge in [-0.2, -0.15) is 5.26 Å². The highest BCUT2D eigenvalue weighted by Crippen LogP contribution is 2.39. The Morgan fingerprint density at radius 3 is 2.56 bits per heavy atom. The number of methoxy groups -OCH3 is 2. The van der Waals surface area contributed by atoms with Gasteiger partial charge in [-0.05, 0) is 50.6 Å². The van der Waals surface area contributed by atoms with E-state index in [1.807, 2.05) is 12.1 Å². The fourth-order valence-corrected chi connectivity index (χ4v) is 4.66. The smallest absolute Gasteiger partial charge is 0.139 e. The SMILES string of the molecule is COc1cc(Nc2c(C#N)cnc3cc(C=CCCN4CCCC4)c(OC)cc23)c(Cl)cc1Cl. The number of hydrogen-bond acceptors (Lipinski definition) is 6. The first kappa shape index (κ1) is 24.2. The number of rotatable bonds is 8. The van der Waals surface area contributed by atoms with E-state index in [0.717, 1.165) is 29.4 Å². The fraction of sp³-hybridized carbons (Fsp3) is 0.308. The molecule has 0 aliphatic carbocycles. The lowest BCUT2D eigenvalue weighted by Crippen LogP contribution is -2.19. The van der Waals surface area contributed by atoms with Gasteiger partial charge in [0.05, 0.1) is 46.7 Å². The Balaban J connectivity index is 1.69. The summed E-state index contributed by atoms with van der Waals surface area (Å²) >= 11 is 12.6. The number of fused-ring (bicyclic) bond motifs is 1. The lowest BCUT2D eigenvalue weighted by Gasteiger charge is -2.16. The third-order valence-electron chi connectivity index (χ3n) is 5.95. The summed E-state index contributed by atoms with van der Waals surface area (Å²) in [7, 11) is 3.17. The number of halogens is 2. The maximum absolute atomic E-state index is 9.73. The molecule has 0 unspecified atom stereocenters. The Labute approximate surface area is 209 Å². The summed E-state index contributed by atoms with van der Waals surface area (Å²) in [6, 6.07) is 9.37. The molecule has 1 fully saturated rings. The van der Waals surface area contributed by atoms with E-state index in [9.17, 15) is 5.26 Å². The summed E-state index contributed by atoms with van der Waals surface area (Å²) in [5.41, 5.74) is 3.20. The molecule has 176 valence electrons. The maximum atomic E-state index is 9.73. The summed E-state index contributed by atoms with van der Waals surface area (Å²) in [6.45, 7) is 3.45. The second kappa shape index (κ2) is 11.0. The lowest BCUT2D eigenvalue weighted by atomic mass is 10.0. The molecular formula is C26H26Cl2N4O2. The van der Waals surface area contributed by atoms with E-state index in [2.05, 4.69) is 33.4 Å². The molecular weight excluding hydrogens is 471 g/mol. The molecule has 1 aliphatic rings. The van der Waals surface area contributed by atoms with Crippen molar-refractivity contribution in [2.75, 3.05) is 39.2 Å². The molecule has 0 radical (unpaired) electrons. The number of nitriles is 1. The predicted molar refractivity (Wildman–Crippen MR) is 139 cm³/mol. The summed E-state index contributed by atoms with van der Waals surface area (Å²) in [5.74, 6) is 1.18. The van der Waals surface area contributed by atoms with Crippen molar-refractivity contribution in [2.24, 2.45) is 0 Å². The molecule has 8 heteroatoms. The number of ether oxygens (including phenoxy) is 2. The monoisotopic (exact) mass is 496 g/mol. The third-order valence-corrected chi connectivity index (χ3v) is 6.56. The van der Waals surface area contributed by atoms with Crippen molar-refractivity contribution in [3.05, 3.63) is 57.7 Å². The van der Waals surface area contributed by atoms with Crippen LogP contribution < -0.4 is 14.8 Å². The summed E-state index contributed by atoms with van der Waals surface area (Å²) in [5, 5.41) is 14.6. The molecule has 1 saturated heterocycles. The molecule has 1 aromatic heterocycles. The predicted octanol–water partition coefficient (Wildman–Crippen LogP) is 6.67. The van der Waals surface area contributed by atoms with Crippen LogP contribution in [0.15, 0.2) is 36.5 Å². The Hall–Kier alpha value is -2.98. The maximum Gasteiger partial charge on any atom is 0.139 e. The van der Waals surface area contributed by atoms with Gasteiger partial charge in [-0.15, -0.1) is 0 Å². The van der Waals surface area contributed by atoms with Gasteiger partial charge < -0.3 is 19.7 Å². The van der Waals surface area contributed by atoms with Gasteiger partial charge in [0, 0.05) is 29.8 Å². The van der Waals surface area contributed by atoms with Crippen molar-refractivity contribution < 1.29 is 9.47 Å². The molecule has 4 rings (SSSR count). The largest absolute Gasteiger partial charge is 0.496 e. The Bertz CT molecular complexity index is 1260. The number of nitrogens with zero attached hydrogens (tertiary/aromatic N) is 3. The highest BCUT2D eigenvalue weighted by atomic mass is 35.5. The van der Waals surface area contributed by atoms with Crippen molar-refractivity contribution in [1.82, 2.24) is 9.88 Å². The molecule has 2 heterocycles. The van der Waals surface area contributed by atoms with Crippen molar-refractivity contribution >= 4 is 51.6 Å². The molecule has 2 aromatic carbocycles. The van der Waals surface area contributed by atoms with E-state index in [0.29, 0.717) is 38.5 Å². The molecule has 0 bridgehead atoms. The van der Waals surface area contributed by atoms with Crippen LogP contribution in [0, 0.1) is 11.3 Å². The second-order valence-electron chi connectivity index (χ2n) is 8.10. The topological polar surface area (TPSA) is 70.4 Å². The molecule has 6 nitrogen and oxygen atoms in total. The van der Waals surface area contributed by atoms with Gasteiger partial charge in [-0.25, -0.2) is 0 Å². The van der Waals surface area contributed by atoms with E-state index in [-0.39, 0.29) is 0 Å². The van der Waals surface area contributed by atoms with Gasteiger partial charge in [0.2, 0.25) is 0 Å². The molecule has 0 spiro atoms. The number of nitrogens with one attached hydrogen (secondary N) is 1. The summed E-state index contributed by atoms with van der Waals surface area (Å²) in [6.07, 6.45) is 9.36. The van der Waals surface area contributed by atoms with E-state index in [1.165, 1.54) is 33.0 Å². The minimum Gasteiger partial charge on any atom is -0.496 e. The van der Waals surface area contributed by atoms with Crippen LogP contribution >= 0.6 is 23.2 Å². The average molecular weight is 497 g/mol. The van der Waals surface area contributed by atoms with Crippen LogP contribution in [-0.2, 0) is 0 Å². The van der Waals surface area contributed by atoms with Crippen molar-refractivity contribution in [2.45, 2.75) is 19.3 Å². The highest BCUT2D eigenvalue weighted by molar-refractivity contribution is 6.37. The minimum absolute atomic E-state index is 0.383. The number of anilines is 2. The average Bonchev–Trinajstić information content (AvgIpc) is 3.36. The lowest BCUT2D eigenvalue weighted by molar-refractivity contribution is 0.346. The Kier molecular flexibility index (Phi) is 7.79. The fourth-order valence-electron chi connectivity index (χ4n) is 4.15. The zero-order valence-corrected chi connectivity index (χ0v) is 20.7. The summed E-state index contributed by atoms with van der Waals surface area (Å²) < 4.78 is 11.0. The molecule has 1 N–H and O–H groups in total. The van der Waals surface area contributed by atoms with Crippen LogP contribution in [-0.4, -0.2) is 43.7 Å². The zero-order valence-electron chi connectivity index (χ0n) is 19.2. The molecule has 3 aromatic rings. The molecule has 1 aliphatic heterocycles. The van der Waals surface area contributed by atoms with Crippen molar-refractivity contribution in [3.8, 4) is 17.6 Å². The molecule has 0 atom stereocenters. The van der Waals surface area contributed by atoms with Gasteiger partial charge in [-0.3, -0.25) is 4.98 Å². The molecule has 34 heavy (non-hydrogen) atoms. The first-order valence-corrected chi connectivity index (χ1v) is 11.9. The van der Waals surface area contributed by atoms with Crippen LogP contribution in [0.1, 0.15) is 30.4 Å². The zero-order chi connectivity index (χ0) is 24.1. The van der Waals surface area contributed by atoms with Crippen LogP contribution in [0.4, 0.5) is 11.4 Å². The van der Waals surface area contributed by atoms with Gasteiger partial charge in [0.1, 0.15) is 17.6 Å². The van der Waals surface area contributed by atoms with Gasteiger partial charge in [0.15, 0.2) is 0 Å². The standard InChI is InChI=1S/C26H26Cl2N4O2/c1-33-24-12-19-22(11-17(24)7-3-4-8-32-9-5-6-10-32)30-16-18(15-29)26(19)31-23-14-25(34-2)21(28)13-20(23)27/h3,7,11-14,16H,4-6,8-10H2,1-2H3,(H,30,31). The van der Waals surface area contributed by atoms with Gasteiger partial charge in [-0.1, -0.05) is 35.4 Å². The van der Waals surface area contributed by atoms with Crippen LogP contribution in [0.3, 0.4) is 0 Å². The first-order chi connectivity index (χ1) is 16.5. The Morgan fingerprint density at radius 2 is 1.85 bits per heavy atom. The number of hydrogen-bond donors (Lipinski definition) is 1. The highest BCUT2D eigenvalue weighted by Gasteiger charge is 2.16. The van der Waals surface area contributed by atoms with Crippen LogP contribution in [0.2, 0.25) is 10.0 Å². The van der Waals surface area contributed by atoms with Crippen molar-refractivity contribution in [1.29, 1.82) is 5.26 Å². The normalized spacial score (nSPS) is 14.0. The van der Waals surface area contributed by atoms with E-state index < -0.39 is 0 Å². The van der Waals surface area contributed by atoms with Crippen LogP contribution in [0.25, 0.3) is 17.0 Å². The number of aromatic nitrogens is 1. The number of likely N-dealkylation sites (tertiary alicyclic amines) is 1. The minimum atomic E-state index is 0.383. The van der Waals surface area contributed by atoms with E-state index in [4.69, 9.17) is 32.7 Å². The Morgan fingerprint density at radius 1 is 1.09 bits per heavy atom. The van der Waals surface area contributed by atoms with E-state index in [1.54, 1.807) is 25.4 Å².